The van der Waals surface area contributed by atoms with Gasteiger partial charge < -0.3 is 14.0 Å². The van der Waals surface area contributed by atoms with Crippen molar-refractivity contribution in [3.63, 3.8) is 0 Å². The number of likely N-dealkylation sites (tertiary alicyclic amines) is 1. The predicted molar refractivity (Wildman–Crippen MR) is 70.2 cm³/mol. The Bertz CT molecular complexity index is 696. The van der Waals surface area contributed by atoms with Crippen LogP contribution >= 0.6 is 0 Å². The highest BCUT2D eigenvalue weighted by molar-refractivity contribution is 5.91. The molecule has 0 aromatic carbocycles. The molecule has 3 rings (SSSR count). The van der Waals surface area contributed by atoms with Crippen LogP contribution in [0.3, 0.4) is 0 Å². The molecule has 1 saturated heterocycles. The molecule has 0 N–H and O–H groups in total. The first-order valence-corrected chi connectivity index (χ1v) is 6.90. The summed E-state index contributed by atoms with van der Waals surface area (Å²) < 4.78 is 34.2. The molecule has 2 aromatic rings. The number of hydrogen-bond donors (Lipinski definition) is 0. The van der Waals surface area contributed by atoms with Gasteiger partial charge in [-0.05, 0) is 0 Å². The maximum atomic E-state index is 13.8. The minimum Gasteiger partial charge on any atom is -0.337 e. The average Bonchev–Trinajstić information content (AvgIpc) is 3.15. The molecule has 3 heterocycles. The van der Waals surface area contributed by atoms with Crippen molar-refractivity contribution in [3.05, 3.63) is 29.9 Å². The summed E-state index contributed by atoms with van der Waals surface area (Å²) in [5.41, 5.74) is 0. The van der Waals surface area contributed by atoms with E-state index in [-0.39, 0.29) is 11.7 Å². The summed E-state index contributed by atoms with van der Waals surface area (Å²) in [6.45, 7) is 1.14. The first kappa shape index (κ1) is 14.6. The summed E-state index contributed by atoms with van der Waals surface area (Å²) in [6, 6.07) is -0.938. The van der Waals surface area contributed by atoms with Gasteiger partial charge in [0.2, 0.25) is 5.89 Å². The van der Waals surface area contributed by atoms with Crippen molar-refractivity contribution in [1.82, 2.24) is 24.6 Å². The summed E-state index contributed by atoms with van der Waals surface area (Å²) >= 11 is 0. The summed E-state index contributed by atoms with van der Waals surface area (Å²) in [5.74, 6) is -3.01. The van der Waals surface area contributed by atoms with Crippen molar-refractivity contribution in [2.75, 3.05) is 6.54 Å². The Balaban J connectivity index is 1.93. The Kier molecular flexibility index (Phi) is 3.42. The largest absolute Gasteiger partial charge is 0.337 e. The molecule has 22 heavy (non-hydrogen) atoms. The third kappa shape index (κ3) is 2.46. The highest BCUT2D eigenvalue weighted by atomic mass is 19.3. The average molecular weight is 311 g/mol. The fraction of sp³-hybridized carbons (Fsp3) is 0.538. The van der Waals surface area contributed by atoms with Crippen LogP contribution in [-0.4, -0.2) is 43.0 Å². The number of aryl methyl sites for hydroxylation is 2. The molecular formula is C13H15F2N5O2. The van der Waals surface area contributed by atoms with Crippen molar-refractivity contribution in [2.45, 2.75) is 31.7 Å². The second-order valence-corrected chi connectivity index (χ2v) is 5.27. The molecule has 0 saturated carbocycles. The van der Waals surface area contributed by atoms with Gasteiger partial charge in [0.15, 0.2) is 11.6 Å². The Labute approximate surface area is 124 Å². The molecule has 0 aliphatic carbocycles. The maximum absolute atomic E-state index is 13.8. The van der Waals surface area contributed by atoms with Crippen LogP contribution in [0.15, 0.2) is 16.9 Å². The van der Waals surface area contributed by atoms with Crippen molar-refractivity contribution < 1.29 is 18.1 Å². The Morgan fingerprint density at radius 3 is 2.91 bits per heavy atom. The second kappa shape index (κ2) is 5.15. The highest BCUT2D eigenvalue weighted by Crippen LogP contribution is 2.41. The van der Waals surface area contributed by atoms with E-state index in [2.05, 4.69) is 15.1 Å². The fourth-order valence-corrected chi connectivity index (χ4v) is 2.50. The smallest absolute Gasteiger partial charge is 0.290 e. The second-order valence-electron chi connectivity index (χ2n) is 5.27. The van der Waals surface area contributed by atoms with Crippen LogP contribution < -0.4 is 0 Å². The molecule has 0 unspecified atom stereocenters. The van der Waals surface area contributed by atoms with E-state index in [0.717, 1.165) is 4.90 Å². The third-order valence-electron chi connectivity index (χ3n) is 3.63. The first-order chi connectivity index (χ1) is 10.4. The van der Waals surface area contributed by atoms with Gasteiger partial charge in [0, 0.05) is 32.3 Å². The monoisotopic (exact) mass is 311 g/mol. The lowest BCUT2D eigenvalue weighted by molar-refractivity contribution is 0.0115. The molecule has 1 aliphatic heterocycles. The molecule has 0 spiro atoms. The third-order valence-corrected chi connectivity index (χ3v) is 3.63. The molecule has 2 aromatic heterocycles. The Morgan fingerprint density at radius 1 is 1.55 bits per heavy atom. The van der Waals surface area contributed by atoms with E-state index in [1.807, 2.05) is 6.92 Å². The number of carbonyl (C=O) groups excluding carboxylic acids is 1. The van der Waals surface area contributed by atoms with Crippen LogP contribution in [0, 0.1) is 0 Å². The molecule has 1 aliphatic rings. The van der Waals surface area contributed by atoms with Crippen molar-refractivity contribution in [3.8, 4) is 0 Å². The van der Waals surface area contributed by atoms with Crippen molar-refractivity contribution in [1.29, 1.82) is 0 Å². The van der Waals surface area contributed by atoms with Crippen LogP contribution in [0.1, 0.15) is 41.7 Å². The molecule has 9 heteroatoms. The van der Waals surface area contributed by atoms with Gasteiger partial charge in [-0.15, -0.1) is 0 Å². The molecule has 1 amide bonds. The van der Waals surface area contributed by atoms with Crippen molar-refractivity contribution in [2.24, 2.45) is 7.05 Å². The lowest BCUT2D eigenvalue weighted by atomic mass is 10.2. The van der Waals surface area contributed by atoms with Crippen LogP contribution in [0.5, 0.6) is 0 Å². The number of nitrogens with zero attached hydrogens (tertiary/aromatic N) is 5. The summed E-state index contributed by atoms with van der Waals surface area (Å²) in [6.07, 6.45) is 3.02. The number of rotatable bonds is 3. The van der Waals surface area contributed by atoms with E-state index in [4.69, 9.17) is 4.52 Å². The number of carbonyl (C=O) groups is 1. The lowest BCUT2D eigenvalue weighted by Gasteiger charge is -2.20. The van der Waals surface area contributed by atoms with E-state index >= 15 is 0 Å². The Hall–Kier alpha value is -2.32. The topological polar surface area (TPSA) is 77.0 Å². The van der Waals surface area contributed by atoms with Gasteiger partial charge in [0.25, 0.3) is 11.8 Å². The predicted octanol–water partition coefficient (Wildman–Crippen LogP) is 1.59. The van der Waals surface area contributed by atoms with Crippen LogP contribution in [-0.2, 0) is 13.5 Å². The van der Waals surface area contributed by atoms with E-state index in [1.165, 1.54) is 10.8 Å². The Morgan fingerprint density at radius 2 is 2.32 bits per heavy atom. The van der Waals surface area contributed by atoms with Gasteiger partial charge in [-0.1, -0.05) is 12.1 Å². The van der Waals surface area contributed by atoms with Crippen molar-refractivity contribution >= 4 is 5.91 Å². The zero-order valence-electron chi connectivity index (χ0n) is 12.2. The van der Waals surface area contributed by atoms with E-state index in [1.54, 1.807) is 13.2 Å². The minimum atomic E-state index is -2.99. The first-order valence-electron chi connectivity index (χ1n) is 6.90. The highest BCUT2D eigenvalue weighted by Gasteiger charge is 2.50. The number of halogens is 2. The fourth-order valence-electron chi connectivity index (χ4n) is 2.50. The van der Waals surface area contributed by atoms with Crippen LogP contribution in [0.25, 0.3) is 0 Å². The normalized spacial score (nSPS) is 20.5. The van der Waals surface area contributed by atoms with Gasteiger partial charge in [-0.3, -0.25) is 4.79 Å². The summed E-state index contributed by atoms with van der Waals surface area (Å²) in [4.78, 5) is 21.5. The SMILES string of the molecule is CCc1noc([C@@H]2CC(F)(F)CN2C(=O)c2nccn2C)n1. The molecule has 0 radical (unpaired) electrons. The standard InChI is InChI=1S/C13H15F2N5O2/c1-3-9-17-11(22-18-9)8-6-13(14,15)7-20(8)12(21)10-16-4-5-19(10)2/h4-5,8H,3,6-7H2,1-2H3/t8-/m0/s1. The number of hydrogen-bond acceptors (Lipinski definition) is 5. The van der Waals surface area contributed by atoms with Crippen LogP contribution in [0.2, 0.25) is 0 Å². The zero-order valence-corrected chi connectivity index (χ0v) is 12.2. The lowest BCUT2D eigenvalue weighted by Crippen LogP contribution is -2.34. The summed E-state index contributed by atoms with van der Waals surface area (Å²) in [7, 11) is 1.63. The zero-order chi connectivity index (χ0) is 15.9. The maximum Gasteiger partial charge on any atom is 0.290 e. The van der Waals surface area contributed by atoms with Gasteiger partial charge in [-0.25, -0.2) is 13.8 Å². The number of alkyl halides is 2. The molecular weight excluding hydrogens is 296 g/mol. The number of imidazole rings is 1. The molecule has 1 fully saturated rings. The minimum absolute atomic E-state index is 0.0385. The number of aromatic nitrogens is 4. The summed E-state index contributed by atoms with van der Waals surface area (Å²) in [5, 5.41) is 3.71. The van der Waals surface area contributed by atoms with Gasteiger partial charge in [0.1, 0.15) is 6.04 Å². The quantitative estimate of drug-likeness (QED) is 0.860. The number of amides is 1. The molecule has 7 nitrogen and oxygen atoms in total. The van der Waals surface area contributed by atoms with Gasteiger partial charge in [0.05, 0.1) is 6.54 Å². The van der Waals surface area contributed by atoms with E-state index < -0.39 is 30.8 Å². The molecule has 1 atom stereocenters. The van der Waals surface area contributed by atoms with E-state index in [0.29, 0.717) is 12.2 Å². The van der Waals surface area contributed by atoms with E-state index in [9.17, 15) is 13.6 Å². The molecule has 0 bridgehead atoms. The molecule has 118 valence electrons. The van der Waals surface area contributed by atoms with Gasteiger partial charge >= 0.3 is 0 Å². The van der Waals surface area contributed by atoms with Gasteiger partial charge in [-0.2, -0.15) is 4.98 Å². The van der Waals surface area contributed by atoms with Crippen LogP contribution in [0.4, 0.5) is 8.78 Å².